The van der Waals surface area contributed by atoms with Crippen molar-refractivity contribution >= 4 is 36.4 Å². The third kappa shape index (κ3) is 1.47. The van der Waals surface area contributed by atoms with Gasteiger partial charge in [0.2, 0.25) is 0 Å². The minimum Gasteiger partial charge on any atom is -0.508 e. The first-order valence-electron chi connectivity index (χ1n) is 5.34. The van der Waals surface area contributed by atoms with Crippen molar-refractivity contribution in [2.75, 3.05) is 0 Å². The van der Waals surface area contributed by atoms with E-state index in [9.17, 15) is 10.2 Å². The van der Waals surface area contributed by atoms with E-state index in [1.165, 1.54) is 10.9 Å². The second kappa shape index (κ2) is 3.34. The van der Waals surface area contributed by atoms with Gasteiger partial charge in [-0.3, -0.25) is 0 Å². The largest absolute Gasteiger partial charge is 0.508 e. The predicted molar refractivity (Wildman–Crippen MR) is 69.0 cm³/mol. The van der Waals surface area contributed by atoms with Crippen LogP contribution in [0.4, 0.5) is 0 Å². The van der Waals surface area contributed by atoms with E-state index in [-0.39, 0.29) is 0 Å². The van der Waals surface area contributed by atoms with Gasteiger partial charge in [-0.1, -0.05) is 34.0 Å². The summed E-state index contributed by atoms with van der Waals surface area (Å²) in [6.07, 6.45) is 0. The second-order valence-corrected chi connectivity index (χ2v) is 4.26. The number of fused-ring (bicyclic) bond motifs is 2. The highest BCUT2D eigenvalue weighted by molar-refractivity contribution is 6.87. The van der Waals surface area contributed by atoms with Gasteiger partial charge in [0.05, 0.1) is 0 Å². The summed E-state index contributed by atoms with van der Waals surface area (Å²) in [5.74, 6) is 0.615. The van der Waals surface area contributed by atoms with Crippen molar-refractivity contribution in [3.05, 3.63) is 36.4 Å². The maximum absolute atomic E-state index is 9.44. The molecule has 2 aromatic rings. The van der Waals surface area contributed by atoms with Crippen molar-refractivity contribution in [3.63, 3.8) is 0 Å². The maximum Gasteiger partial charge on any atom is 0.191 e. The molecule has 0 saturated heterocycles. The molecule has 3 rings (SSSR count). The summed E-state index contributed by atoms with van der Waals surface area (Å²) in [6.45, 7) is 0. The molecule has 0 amide bonds. The van der Waals surface area contributed by atoms with E-state index in [2.05, 4.69) is 0 Å². The summed E-state index contributed by atoms with van der Waals surface area (Å²) in [5.41, 5.74) is 4.82. The third-order valence-corrected chi connectivity index (χ3v) is 3.14. The third-order valence-electron chi connectivity index (χ3n) is 3.14. The van der Waals surface area contributed by atoms with Crippen molar-refractivity contribution in [2.24, 2.45) is 0 Å². The number of phenolic OH excluding ortho intramolecular Hbond substituents is 2. The number of aromatic hydroxyl groups is 2. The zero-order valence-electron chi connectivity index (χ0n) is 8.77. The SMILES string of the molecule is Oc1ccc2c(c1)Bc1cc(O)ccc1B2. The molecule has 0 bridgehead atoms. The molecule has 1 aliphatic heterocycles. The predicted octanol–water partition coefficient (Wildman–Crippen LogP) is -1.81. The van der Waals surface area contributed by atoms with Crippen LogP contribution in [0.15, 0.2) is 36.4 Å². The lowest BCUT2D eigenvalue weighted by molar-refractivity contribution is 0.475. The number of rotatable bonds is 0. The summed E-state index contributed by atoms with van der Waals surface area (Å²) in [5, 5.41) is 18.9. The minimum absolute atomic E-state index is 0.308. The summed E-state index contributed by atoms with van der Waals surface area (Å²) in [6, 6.07) is 11.0. The molecule has 16 heavy (non-hydrogen) atoms. The molecule has 0 saturated carbocycles. The average Bonchev–Trinajstić information content (AvgIpc) is 2.26. The maximum atomic E-state index is 9.44. The van der Waals surface area contributed by atoms with Gasteiger partial charge in [-0.05, 0) is 24.3 Å². The molecule has 76 valence electrons. The van der Waals surface area contributed by atoms with E-state index in [4.69, 9.17) is 0 Å². The van der Waals surface area contributed by atoms with Gasteiger partial charge in [0.15, 0.2) is 14.6 Å². The molecule has 0 atom stereocenters. The summed E-state index contributed by atoms with van der Waals surface area (Å²) < 4.78 is 0. The Balaban J connectivity index is 2.10. The molecular weight excluding hydrogens is 198 g/mol. The molecule has 0 unspecified atom stereocenters. The first-order valence-corrected chi connectivity index (χ1v) is 5.34. The molecule has 0 spiro atoms. The lowest BCUT2D eigenvalue weighted by atomic mass is 9.44. The van der Waals surface area contributed by atoms with Gasteiger partial charge in [-0.2, -0.15) is 0 Å². The van der Waals surface area contributed by atoms with E-state index < -0.39 is 0 Å². The summed E-state index contributed by atoms with van der Waals surface area (Å²) in [4.78, 5) is 0. The van der Waals surface area contributed by atoms with Crippen LogP contribution in [-0.4, -0.2) is 24.8 Å². The topological polar surface area (TPSA) is 40.5 Å². The van der Waals surface area contributed by atoms with Crippen molar-refractivity contribution in [1.29, 1.82) is 0 Å². The van der Waals surface area contributed by atoms with Crippen LogP contribution in [0, 0.1) is 0 Å². The number of hydrogen-bond donors (Lipinski definition) is 2. The Morgan fingerprint density at radius 1 is 0.625 bits per heavy atom. The van der Waals surface area contributed by atoms with E-state index in [1.54, 1.807) is 12.1 Å². The summed E-state index contributed by atoms with van der Waals surface area (Å²) >= 11 is 0. The average molecular weight is 208 g/mol. The van der Waals surface area contributed by atoms with E-state index in [0.717, 1.165) is 25.5 Å². The fourth-order valence-corrected chi connectivity index (χ4v) is 2.31. The van der Waals surface area contributed by atoms with Crippen molar-refractivity contribution < 1.29 is 10.2 Å². The van der Waals surface area contributed by atoms with E-state index >= 15 is 0 Å². The zero-order valence-corrected chi connectivity index (χ0v) is 8.77. The van der Waals surface area contributed by atoms with Gasteiger partial charge in [-0.15, -0.1) is 0 Å². The van der Waals surface area contributed by atoms with Gasteiger partial charge in [0.25, 0.3) is 0 Å². The first-order chi connectivity index (χ1) is 7.72. The van der Waals surface area contributed by atoms with E-state index in [0.29, 0.717) is 11.5 Å². The summed E-state index contributed by atoms with van der Waals surface area (Å²) in [7, 11) is 1.67. The van der Waals surface area contributed by atoms with Crippen molar-refractivity contribution in [1.82, 2.24) is 0 Å². The first kappa shape index (κ1) is 9.40. The standard InChI is InChI=1S/C12H10B2O2/c15-7-1-3-9-11(5-7)14-12-6-8(16)2-4-10(12)13-9/h1-6,13-16H. The number of hydrogen-bond acceptors (Lipinski definition) is 2. The van der Waals surface area contributed by atoms with Gasteiger partial charge in [0.1, 0.15) is 11.5 Å². The molecular formula is C12H10B2O2. The van der Waals surface area contributed by atoms with Crippen LogP contribution in [0.1, 0.15) is 0 Å². The molecule has 2 aromatic carbocycles. The molecule has 0 radical (unpaired) electrons. The highest BCUT2D eigenvalue weighted by atomic mass is 16.3. The van der Waals surface area contributed by atoms with Crippen molar-refractivity contribution in [3.8, 4) is 11.5 Å². The van der Waals surface area contributed by atoms with E-state index in [1.807, 2.05) is 24.3 Å². The van der Waals surface area contributed by atoms with Crippen LogP contribution in [0.25, 0.3) is 0 Å². The van der Waals surface area contributed by atoms with Crippen LogP contribution < -0.4 is 21.9 Å². The highest BCUT2D eigenvalue weighted by Gasteiger charge is 2.17. The molecule has 1 heterocycles. The Labute approximate surface area is 95.0 Å². The van der Waals surface area contributed by atoms with Crippen LogP contribution in [0.3, 0.4) is 0 Å². The lowest BCUT2D eigenvalue weighted by Crippen LogP contribution is -2.56. The normalized spacial score (nSPS) is 12.0. The number of benzene rings is 2. The Kier molecular flexibility index (Phi) is 1.96. The molecule has 1 aliphatic rings. The van der Waals surface area contributed by atoms with Gasteiger partial charge < -0.3 is 10.2 Å². The van der Waals surface area contributed by atoms with Crippen LogP contribution >= 0.6 is 0 Å². The van der Waals surface area contributed by atoms with Crippen LogP contribution in [0.5, 0.6) is 11.5 Å². The fourth-order valence-electron chi connectivity index (χ4n) is 2.31. The van der Waals surface area contributed by atoms with Crippen molar-refractivity contribution in [2.45, 2.75) is 0 Å². The van der Waals surface area contributed by atoms with Gasteiger partial charge >= 0.3 is 0 Å². The molecule has 4 heteroatoms. The Morgan fingerprint density at radius 2 is 1.06 bits per heavy atom. The zero-order chi connectivity index (χ0) is 11.1. The smallest absolute Gasteiger partial charge is 0.191 e. The second-order valence-electron chi connectivity index (χ2n) is 4.26. The Morgan fingerprint density at radius 3 is 1.56 bits per heavy atom. The van der Waals surface area contributed by atoms with Gasteiger partial charge in [-0.25, -0.2) is 0 Å². The van der Waals surface area contributed by atoms with Crippen LogP contribution in [-0.2, 0) is 0 Å². The number of phenols is 2. The molecule has 0 aromatic heterocycles. The molecule has 0 aliphatic carbocycles. The quantitative estimate of drug-likeness (QED) is 0.427. The van der Waals surface area contributed by atoms with Crippen LogP contribution in [0.2, 0.25) is 0 Å². The highest BCUT2D eigenvalue weighted by Crippen LogP contribution is 2.05. The molecule has 2 nitrogen and oxygen atoms in total. The Bertz CT molecular complexity index is 517. The monoisotopic (exact) mass is 208 g/mol. The molecule has 2 N–H and O–H groups in total. The van der Waals surface area contributed by atoms with Gasteiger partial charge in [0, 0.05) is 0 Å². The fraction of sp³-hybridized carbons (Fsp3) is 0. The lowest BCUT2D eigenvalue weighted by Gasteiger charge is -2.18. The Hall–Kier alpha value is -1.83. The minimum atomic E-state index is 0.308. The molecule has 0 fully saturated rings.